The number of benzene rings is 2. The van der Waals surface area contributed by atoms with Crippen molar-refractivity contribution < 1.29 is 18.7 Å². The lowest BCUT2D eigenvalue weighted by Gasteiger charge is -2.07. The van der Waals surface area contributed by atoms with E-state index < -0.39 is 11.7 Å². The molecular weight excluding hydrogens is 261 g/mol. The quantitative estimate of drug-likeness (QED) is 0.914. The average Bonchev–Trinajstić information content (AvgIpc) is 2.89. The number of carbonyl (C=O) groups excluding carboxylic acids is 1. The molecule has 0 aliphatic carbocycles. The molecule has 2 aromatic carbocycles. The van der Waals surface area contributed by atoms with E-state index in [0.717, 1.165) is 5.56 Å². The molecule has 1 N–H and O–H groups in total. The minimum atomic E-state index is -0.459. The Kier molecular flexibility index (Phi) is 3.02. The summed E-state index contributed by atoms with van der Waals surface area (Å²) in [5.41, 5.74) is 1.33. The first kappa shape index (κ1) is 12.5. The van der Waals surface area contributed by atoms with E-state index in [1.54, 1.807) is 31.2 Å². The summed E-state index contributed by atoms with van der Waals surface area (Å²) in [6.07, 6.45) is 0. The van der Waals surface area contributed by atoms with Gasteiger partial charge in [-0.05, 0) is 42.8 Å². The van der Waals surface area contributed by atoms with Crippen LogP contribution in [0, 0.1) is 12.7 Å². The van der Waals surface area contributed by atoms with Crippen LogP contribution in [0.1, 0.15) is 15.9 Å². The summed E-state index contributed by atoms with van der Waals surface area (Å²) in [7, 11) is 0. The maximum absolute atomic E-state index is 13.7. The van der Waals surface area contributed by atoms with Gasteiger partial charge < -0.3 is 14.8 Å². The second kappa shape index (κ2) is 4.85. The van der Waals surface area contributed by atoms with Crippen LogP contribution >= 0.6 is 0 Å². The van der Waals surface area contributed by atoms with Crippen molar-refractivity contribution in [2.24, 2.45) is 0 Å². The standard InChI is InChI=1S/C15H12FNO3/c1-9-2-4-12(11(16)6-9)17-15(18)10-3-5-13-14(7-10)20-8-19-13/h2-7H,8H2,1H3,(H,17,18). The molecule has 3 rings (SSSR count). The van der Waals surface area contributed by atoms with Gasteiger partial charge in [0.15, 0.2) is 11.5 Å². The SMILES string of the molecule is Cc1ccc(NC(=O)c2ccc3c(c2)OCO3)c(F)c1. The minimum Gasteiger partial charge on any atom is -0.454 e. The van der Waals surface area contributed by atoms with Gasteiger partial charge in [0.1, 0.15) is 5.82 Å². The van der Waals surface area contributed by atoms with E-state index in [4.69, 9.17) is 9.47 Å². The molecule has 0 radical (unpaired) electrons. The van der Waals surface area contributed by atoms with Crippen molar-refractivity contribution >= 4 is 11.6 Å². The van der Waals surface area contributed by atoms with Crippen molar-refractivity contribution in [1.29, 1.82) is 0 Å². The highest BCUT2D eigenvalue weighted by molar-refractivity contribution is 6.04. The second-order valence-corrected chi connectivity index (χ2v) is 4.51. The molecule has 0 saturated carbocycles. The lowest BCUT2D eigenvalue weighted by atomic mass is 10.1. The molecule has 0 bridgehead atoms. The molecule has 4 nitrogen and oxygen atoms in total. The van der Waals surface area contributed by atoms with Crippen LogP contribution in [0.4, 0.5) is 10.1 Å². The minimum absolute atomic E-state index is 0.146. The van der Waals surface area contributed by atoms with Crippen LogP contribution in [-0.2, 0) is 0 Å². The Hall–Kier alpha value is -2.56. The molecule has 1 aliphatic rings. The van der Waals surface area contributed by atoms with Gasteiger partial charge in [-0.15, -0.1) is 0 Å². The van der Waals surface area contributed by atoms with Gasteiger partial charge in [0.25, 0.3) is 5.91 Å². The van der Waals surface area contributed by atoms with Crippen LogP contribution in [0.25, 0.3) is 0 Å². The van der Waals surface area contributed by atoms with Crippen LogP contribution in [0.3, 0.4) is 0 Å². The van der Waals surface area contributed by atoms with Crippen molar-refractivity contribution in [2.45, 2.75) is 6.92 Å². The molecule has 1 heterocycles. The van der Waals surface area contributed by atoms with Gasteiger partial charge in [0.05, 0.1) is 5.69 Å². The Morgan fingerprint density at radius 3 is 2.75 bits per heavy atom. The number of hydrogen-bond acceptors (Lipinski definition) is 3. The number of hydrogen-bond donors (Lipinski definition) is 1. The lowest BCUT2D eigenvalue weighted by Crippen LogP contribution is -2.13. The van der Waals surface area contributed by atoms with E-state index in [2.05, 4.69) is 5.32 Å². The van der Waals surface area contributed by atoms with E-state index >= 15 is 0 Å². The molecule has 20 heavy (non-hydrogen) atoms. The van der Waals surface area contributed by atoms with Gasteiger partial charge in [-0.25, -0.2) is 4.39 Å². The third-order valence-electron chi connectivity index (χ3n) is 3.01. The molecule has 0 aromatic heterocycles. The number of fused-ring (bicyclic) bond motifs is 1. The van der Waals surface area contributed by atoms with Crippen molar-refractivity contribution in [1.82, 2.24) is 0 Å². The Bertz CT molecular complexity index is 685. The predicted molar refractivity (Wildman–Crippen MR) is 71.7 cm³/mol. The summed E-state index contributed by atoms with van der Waals surface area (Å²) < 4.78 is 24.1. The van der Waals surface area contributed by atoms with Gasteiger partial charge in [0, 0.05) is 5.56 Å². The molecule has 1 aliphatic heterocycles. The normalized spacial score (nSPS) is 12.3. The first-order valence-corrected chi connectivity index (χ1v) is 6.10. The summed E-state index contributed by atoms with van der Waals surface area (Å²) in [6, 6.07) is 9.48. The summed E-state index contributed by atoms with van der Waals surface area (Å²) in [5, 5.41) is 2.53. The smallest absolute Gasteiger partial charge is 0.255 e. The highest BCUT2D eigenvalue weighted by Gasteiger charge is 2.16. The van der Waals surface area contributed by atoms with Gasteiger partial charge >= 0.3 is 0 Å². The largest absolute Gasteiger partial charge is 0.454 e. The maximum atomic E-state index is 13.7. The van der Waals surface area contributed by atoms with E-state index in [0.29, 0.717) is 17.1 Å². The highest BCUT2D eigenvalue weighted by atomic mass is 19.1. The average molecular weight is 273 g/mol. The van der Waals surface area contributed by atoms with E-state index in [1.807, 2.05) is 0 Å². The molecule has 0 unspecified atom stereocenters. The fourth-order valence-corrected chi connectivity index (χ4v) is 1.95. The number of rotatable bonds is 2. The van der Waals surface area contributed by atoms with Gasteiger partial charge in [-0.2, -0.15) is 0 Å². The van der Waals surface area contributed by atoms with Gasteiger partial charge in [-0.1, -0.05) is 6.07 Å². The third-order valence-corrected chi connectivity index (χ3v) is 3.01. The maximum Gasteiger partial charge on any atom is 0.255 e. The second-order valence-electron chi connectivity index (χ2n) is 4.51. The molecule has 0 atom stereocenters. The summed E-state index contributed by atoms with van der Waals surface area (Å²) in [6.45, 7) is 1.93. The van der Waals surface area contributed by atoms with Gasteiger partial charge in [-0.3, -0.25) is 4.79 Å². The fraction of sp³-hybridized carbons (Fsp3) is 0.133. The van der Waals surface area contributed by atoms with Crippen molar-refractivity contribution in [3.8, 4) is 11.5 Å². The van der Waals surface area contributed by atoms with Crippen molar-refractivity contribution in [2.75, 3.05) is 12.1 Å². The first-order chi connectivity index (χ1) is 9.63. The summed E-state index contributed by atoms with van der Waals surface area (Å²) >= 11 is 0. The number of anilines is 1. The molecule has 0 spiro atoms. The summed E-state index contributed by atoms with van der Waals surface area (Å²) in [5.74, 6) is 0.259. The Balaban J connectivity index is 1.82. The Morgan fingerprint density at radius 1 is 1.15 bits per heavy atom. The predicted octanol–water partition coefficient (Wildman–Crippen LogP) is 3.12. The number of nitrogens with one attached hydrogen (secondary N) is 1. The fourth-order valence-electron chi connectivity index (χ4n) is 1.95. The topological polar surface area (TPSA) is 47.6 Å². The number of carbonyl (C=O) groups is 1. The molecule has 102 valence electrons. The lowest BCUT2D eigenvalue weighted by molar-refractivity contribution is 0.102. The van der Waals surface area contributed by atoms with Crippen LogP contribution in [0.5, 0.6) is 11.5 Å². The molecule has 5 heteroatoms. The van der Waals surface area contributed by atoms with Crippen molar-refractivity contribution in [3.63, 3.8) is 0 Å². The number of ether oxygens (including phenoxy) is 2. The number of aryl methyl sites for hydroxylation is 1. The van der Waals surface area contributed by atoms with Crippen LogP contribution in [0.15, 0.2) is 36.4 Å². The Labute approximate surface area is 115 Å². The van der Waals surface area contributed by atoms with E-state index in [9.17, 15) is 9.18 Å². The monoisotopic (exact) mass is 273 g/mol. The van der Waals surface area contributed by atoms with E-state index in [1.165, 1.54) is 12.1 Å². The van der Waals surface area contributed by atoms with Crippen molar-refractivity contribution in [3.05, 3.63) is 53.3 Å². The third kappa shape index (κ3) is 2.30. The van der Waals surface area contributed by atoms with Crippen LogP contribution < -0.4 is 14.8 Å². The number of halogens is 1. The molecule has 0 fully saturated rings. The van der Waals surface area contributed by atoms with Crippen LogP contribution in [-0.4, -0.2) is 12.7 Å². The van der Waals surface area contributed by atoms with Gasteiger partial charge in [0.2, 0.25) is 6.79 Å². The first-order valence-electron chi connectivity index (χ1n) is 6.10. The zero-order valence-electron chi connectivity index (χ0n) is 10.8. The highest BCUT2D eigenvalue weighted by Crippen LogP contribution is 2.32. The zero-order chi connectivity index (χ0) is 14.1. The summed E-state index contributed by atoms with van der Waals surface area (Å²) in [4.78, 5) is 12.1. The Morgan fingerprint density at radius 2 is 1.95 bits per heavy atom. The molecule has 1 amide bonds. The number of amides is 1. The molecular formula is C15H12FNO3. The zero-order valence-corrected chi connectivity index (χ0v) is 10.8. The van der Waals surface area contributed by atoms with Crippen LogP contribution in [0.2, 0.25) is 0 Å². The molecule has 0 saturated heterocycles. The van der Waals surface area contributed by atoms with E-state index in [-0.39, 0.29) is 12.5 Å². The molecule has 2 aromatic rings.